The Kier molecular flexibility index (Phi) is 6.53. The second-order valence-electron chi connectivity index (χ2n) is 7.08. The van der Waals surface area contributed by atoms with Crippen LogP contribution in [0.1, 0.15) is 11.1 Å². The van der Waals surface area contributed by atoms with E-state index in [0.717, 1.165) is 22.0 Å². The van der Waals surface area contributed by atoms with Crippen molar-refractivity contribution in [1.82, 2.24) is 4.57 Å². The lowest BCUT2D eigenvalue weighted by Gasteiger charge is -2.07. The number of hydrogen-bond donors (Lipinski definition) is 1. The van der Waals surface area contributed by atoms with E-state index in [1.165, 1.54) is 0 Å². The number of halogens is 3. The number of nitrogens with one attached hydrogen (secondary N) is 1. The van der Waals surface area contributed by atoms with Crippen LogP contribution in [0.3, 0.4) is 0 Å². The maximum absolute atomic E-state index is 12.8. The number of amides is 1. The summed E-state index contributed by atoms with van der Waals surface area (Å²) < 4.78 is 2.07. The minimum absolute atomic E-state index is 0.0459. The van der Waals surface area contributed by atoms with Gasteiger partial charge in [-0.25, -0.2) is 0 Å². The van der Waals surface area contributed by atoms with Gasteiger partial charge in [0.1, 0.15) is 11.6 Å². The average Bonchev–Trinajstić information content (AvgIpc) is 3.14. The zero-order chi connectivity index (χ0) is 22.7. The van der Waals surface area contributed by atoms with E-state index in [9.17, 15) is 10.1 Å². The molecule has 7 heteroatoms. The highest BCUT2D eigenvalue weighted by atomic mass is 35.5. The molecule has 0 aliphatic rings. The minimum atomic E-state index is -0.564. The Labute approximate surface area is 200 Å². The van der Waals surface area contributed by atoms with E-state index in [1.54, 1.807) is 24.3 Å². The first kappa shape index (κ1) is 22.0. The third-order valence-corrected chi connectivity index (χ3v) is 6.02. The zero-order valence-corrected chi connectivity index (χ0v) is 18.9. The molecule has 0 atom stereocenters. The van der Waals surface area contributed by atoms with Crippen molar-refractivity contribution in [1.29, 1.82) is 5.26 Å². The van der Waals surface area contributed by atoms with Gasteiger partial charge in [-0.05, 0) is 42.0 Å². The van der Waals surface area contributed by atoms with Crippen LogP contribution in [-0.2, 0) is 11.3 Å². The van der Waals surface area contributed by atoms with Gasteiger partial charge in [0.15, 0.2) is 0 Å². The highest BCUT2D eigenvalue weighted by Gasteiger charge is 2.15. The van der Waals surface area contributed by atoms with Crippen molar-refractivity contribution in [3.63, 3.8) is 0 Å². The molecule has 1 N–H and O–H groups in total. The predicted molar refractivity (Wildman–Crippen MR) is 131 cm³/mol. The first-order valence-corrected chi connectivity index (χ1v) is 10.8. The van der Waals surface area contributed by atoms with E-state index in [0.29, 0.717) is 22.3 Å². The van der Waals surface area contributed by atoms with Crippen LogP contribution in [0.15, 0.2) is 78.5 Å². The summed E-state index contributed by atoms with van der Waals surface area (Å²) >= 11 is 18.2. The Morgan fingerprint density at radius 3 is 2.50 bits per heavy atom. The van der Waals surface area contributed by atoms with Gasteiger partial charge < -0.3 is 9.88 Å². The predicted octanol–water partition coefficient (Wildman–Crippen LogP) is 7.20. The number of nitrogens with zero attached hydrogens (tertiary/aromatic N) is 2. The lowest BCUT2D eigenvalue weighted by atomic mass is 10.1. The minimum Gasteiger partial charge on any atom is -0.342 e. The third kappa shape index (κ3) is 4.66. The molecular formula is C25H16Cl3N3O. The van der Waals surface area contributed by atoms with Crippen LogP contribution in [0.4, 0.5) is 5.69 Å². The number of anilines is 1. The Bertz CT molecular complexity index is 1380. The van der Waals surface area contributed by atoms with Gasteiger partial charge in [-0.3, -0.25) is 4.79 Å². The summed E-state index contributed by atoms with van der Waals surface area (Å²) in [5.41, 5.74) is 3.13. The van der Waals surface area contributed by atoms with E-state index in [1.807, 2.05) is 60.8 Å². The smallest absolute Gasteiger partial charge is 0.266 e. The number of rotatable bonds is 5. The van der Waals surface area contributed by atoms with Crippen molar-refractivity contribution in [2.24, 2.45) is 0 Å². The van der Waals surface area contributed by atoms with Crippen molar-refractivity contribution in [3.8, 4) is 6.07 Å². The topological polar surface area (TPSA) is 57.8 Å². The van der Waals surface area contributed by atoms with Crippen molar-refractivity contribution in [2.45, 2.75) is 6.54 Å². The molecule has 0 fully saturated rings. The number of fused-ring (bicyclic) bond motifs is 1. The number of benzene rings is 3. The summed E-state index contributed by atoms with van der Waals surface area (Å²) in [4.78, 5) is 12.8. The lowest BCUT2D eigenvalue weighted by molar-refractivity contribution is -0.112. The molecule has 0 aliphatic heterocycles. The highest BCUT2D eigenvalue weighted by Crippen LogP contribution is 2.30. The molecule has 4 rings (SSSR count). The Morgan fingerprint density at radius 1 is 1.00 bits per heavy atom. The molecule has 0 bridgehead atoms. The van der Waals surface area contributed by atoms with Crippen LogP contribution in [0, 0.1) is 11.3 Å². The molecule has 4 nitrogen and oxygen atoms in total. The molecule has 0 saturated carbocycles. The van der Waals surface area contributed by atoms with Gasteiger partial charge in [-0.2, -0.15) is 5.26 Å². The molecule has 0 aliphatic carbocycles. The van der Waals surface area contributed by atoms with Gasteiger partial charge in [0.2, 0.25) is 0 Å². The van der Waals surface area contributed by atoms with Gasteiger partial charge in [-0.1, -0.05) is 71.2 Å². The molecule has 3 aromatic carbocycles. The summed E-state index contributed by atoms with van der Waals surface area (Å²) in [6.07, 6.45) is 3.50. The average molecular weight is 481 g/mol. The van der Waals surface area contributed by atoms with Gasteiger partial charge >= 0.3 is 0 Å². The number of nitriles is 1. The Balaban J connectivity index is 1.68. The normalized spacial score (nSPS) is 11.4. The molecule has 1 amide bonds. The highest BCUT2D eigenvalue weighted by molar-refractivity contribution is 6.44. The van der Waals surface area contributed by atoms with Crippen molar-refractivity contribution in [2.75, 3.05) is 5.32 Å². The summed E-state index contributed by atoms with van der Waals surface area (Å²) in [5.74, 6) is -0.564. The summed E-state index contributed by atoms with van der Waals surface area (Å²) in [6.45, 7) is 0.623. The van der Waals surface area contributed by atoms with E-state index >= 15 is 0 Å². The summed E-state index contributed by atoms with van der Waals surface area (Å²) in [7, 11) is 0. The van der Waals surface area contributed by atoms with Crippen LogP contribution in [0.25, 0.3) is 17.0 Å². The molecule has 1 heterocycles. The molecule has 4 aromatic rings. The molecule has 0 radical (unpaired) electrons. The largest absolute Gasteiger partial charge is 0.342 e. The molecular weight excluding hydrogens is 465 g/mol. The number of carbonyl (C=O) groups is 1. The van der Waals surface area contributed by atoms with E-state index < -0.39 is 5.91 Å². The van der Waals surface area contributed by atoms with Crippen LogP contribution in [0.2, 0.25) is 15.1 Å². The number of carbonyl (C=O) groups excluding carboxylic acids is 1. The fraction of sp³-hybridized carbons (Fsp3) is 0.0400. The summed E-state index contributed by atoms with van der Waals surface area (Å²) in [5, 5.41) is 14.5. The first-order valence-electron chi connectivity index (χ1n) is 9.66. The van der Waals surface area contributed by atoms with E-state index in [2.05, 4.69) is 9.88 Å². The quantitative estimate of drug-likeness (QED) is 0.243. The van der Waals surface area contributed by atoms with Gasteiger partial charge in [0.25, 0.3) is 5.91 Å². The van der Waals surface area contributed by atoms with E-state index in [-0.39, 0.29) is 10.6 Å². The second kappa shape index (κ2) is 9.50. The number of para-hydroxylation sites is 1. The number of hydrogen-bond acceptors (Lipinski definition) is 2. The second-order valence-corrected chi connectivity index (χ2v) is 8.30. The SMILES string of the molecule is N#C/C(=C/c1cn(Cc2ccc(Cl)cc2)c2ccccc12)C(=O)Nc1cccc(Cl)c1Cl. The van der Waals surface area contributed by atoms with Gasteiger partial charge in [-0.15, -0.1) is 0 Å². The molecule has 158 valence electrons. The maximum Gasteiger partial charge on any atom is 0.266 e. The summed E-state index contributed by atoms with van der Waals surface area (Å²) in [6, 6.07) is 22.4. The lowest BCUT2D eigenvalue weighted by Crippen LogP contribution is -2.13. The Morgan fingerprint density at radius 2 is 1.75 bits per heavy atom. The molecule has 0 spiro atoms. The fourth-order valence-electron chi connectivity index (χ4n) is 3.40. The van der Waals surface area contributed by atoms with Crippen LogP contribution >= 0.6 is 34.8 Å². The Hall–Kier alpha value is -3.23. The molecule has 0 saturated heterocycles. The fourth-order valence-corrected chi connectivity index (χ4v) is 3.88. The molecule has 1 aromatic heterocycles. The third-order valence-electron chi connectivity index (χ3n) is 4.95. The van der Waals surface area contributed by atoms with Crippen LogP contribution in [-0.4, -0.2) is 10.5 Å². The van der Waals surface area contributed by atoms with Crippen LogP contribution < -0.4 is 5.32 Å². The van der Waals surface area contributed by atoms with Crippen LogP contribution in [0.5, 0.6) is 0 Å². The monoisotopic (exact) mass is 479 g/mol. The van der Waals surface area contributed by atoms with Gasteiger partial charge in [0, 0.05) is 34.2 Å². The molecule has 0 unspecified atom stereocenters. The van der Waals surface area contributed by atoms with E-state index in [4.69, 9.17) is 34.8 Å². The number of aromatic nitrogens is 1. The standard InChI is InChI=1S/C25H16Cl3N3O/c26-19-10-8-16(9-11-19)14-31-15-18(20-4-1-2-7-23(20)31)12-17(13-29)25(32)30-22-6-3-5-21(27)24(22)28/h1-12,15H,14H2,(H,30,32)/b17-12-. The van der Waals surface area contributed by atoms with Crippen molar-refractivity contribution in [3.05, 3.63) is 105 Å². The maximum atomic E-state index is 12.8. The zero-order valence-electron chi connectivity index (χ0n) is 16.6. The molecule has 32 heavy (non-hydrogen) atoms. The van der Waals surface area contributed by atoms with Gasteiger partial charge in [0.05, 0.1) is 15.7 Å². The van der Waals surface area contributed by atoms with Crippen molar-refractivity contribution >= 4 is 63.4 Å². The first-order chi connectivity index (χ1) is 15.5. The van der Waals surface area contributed by atoms with Crippen molar-refractivity contribution < 1.29 is 4.79 Å².